The van der Waals surface area contributed by atoms with Gasteiger partial charge in [0, 0.05) is 6.54 Å². The van der Waals surface area contributed by atoms with Gasteiger partial charge < -0.3 is 0 Å². The number of halogens is 3. The summed E-state index contributed by atoms with van der Waals surface area (Å²) in [4.78, 5) is 1.30. The van der Waals surface area contributed by atoms with Crippen molar-refractivity contribution >= 4 is 12.6 Å². The molecule has 0 aromatic heterocycles. The van der Waals surface area contributed by atoms with Gasteiger partial charge >= 0.3 is 6.18 Å². The van der Waals surface area contributed by atoms with Crippen LogP contribution >= 0.6 is 12.6 Å². The van der Waals surface area contributed by atoms with Crippen molar-refractivity contribution in [3.05, 3.63) is 0 Å². The first-order chi connectivity index (χ1) is 5.89. The Balaban J connectivity index is 3.79. The van der Waals surface area contributed by atoms with Gasteiger partial charge in [-0.3, -0.25) is 4.90 Å². The van der Waals surface area contributed by atoms with Crippen LogP contribution in [-0.4, -0.2) is 37.0 Å². The number of rotatable bonds is 5. The minimum absolute atomic E-state index is 0.246. The predicted octanol–water partition coefficient (Wildman–Crippen LogP) is 2.44. The van der Waals surface area contributed by atoms with E-state index in [1.165, 1.54) is 11.9 Å². The number of nitrogens with zero attached hydrogens (tertiary/aromatic N) is 1. The fourth-order valence-electron chi connectivity index (χ4n) is 1.13. The van der Waals surface area contributed by atoms with Crippen LogP contribution in [0.15, 0.2) is 0 Å². The summed E-state index contributed by atoms with van der Waals surface area (Å²) >= 11 is 4.07. The van der Waals surface area contributed by atoms with Crippen LogP contribution < -0.4 is 0 Å². The standard InChI is InChI=1S/C8H16F3NS/c1-3-7(5-13)4-12(2)6-8(9,10)11/h7,13H,3-6H2,1-2H3. The first-order valence-corrected chi connectivity index (χ1v) is 4.88. The molecule has 0 spiro atoms. The smallest absolute Gasteiger partial charge is 0.298 e. The Bertz CT molecular complexity index is 134. The Kier molecular flexibility index (Phi) is 5.80. The zero-order valence-corrected chi connectivity index (χ0v) is 8.83. The lowest BCUT2D eigenvalue weighted by molar-refractivity contribution is -0.143. The molecule has 0 N–H and O–H groups in total. The summed E-state index contributed by atoms with van der Waals surface area (Å²) in [7, 11) is 1.49. The highest BCUT2D eigenvalue weighted by atomic mass is 32.1. The molecule has 1 atom stereocenters. The molecule has 80 valence electrons. The molecule has 0 aromatic rings. The molecule has 1 nitrogen and oxygen atoms in total. The summed E-state index contributed by atoms with van der Waals surface area (Å²) in [5, 5.41) is 0. The van der Waals surface area contributed by atoms with Crippen molar-refractivity contribution in [1.29, 1.82) is 0 Å². The van der Waals surface area contributed by atoms with Gasteiger partial charge in [0.1, 0.15) is 0 Å². The van der Waals surface area contributed by atoms with Crippen LogP contribution in [0.1, 0.15) is 13.3 Å². The quantitative estimate of drug-likeness (QED) is 0.689. The molecule has 0 radical (unpaired) electrons. The molecule has 0 saturated heterocycles. The summed E-state index contributed by atoms with van der Waals surface area (Å²) in [5.41, 5.74) is 0. The Morgan fingerprint density at radius 1 is 1.38 bits per heavy atom. The molecule has 0 aromatic carbocycles. The fraction of sp³-hybridized carbons (Fsp3) is 1.00. The average molecular weight is 215 g/mol. The van der Waals surface area contributed by atoms with Gasteiger partial charge in [0.15, 0.2) is 0 Å². The van der Waals surface area contributed by atoms with E-state index in [9.17, 15) is 13.2 Å². The third-order valence-electron chi connectivity index (χ3n) is 1.85. The molecule has 0 fully saturated rings. The second kappa shape index (κ2) is 5.75. The maximum atomic E-state index is 11.9. The zero-order valence-electron chi connectivity index (χ0n) is 7.93. The highest BCUT2D eigenvalue weighted by Crippen LogP contribution is 2.17. The van der Waals surface area contributed by atoms with Crippen molar-refractivity contribution in [3.63, 3.8) is 0 Å². The van der Waals surface area contributed by atoms with E-state index in [0.717, 1.165) is 6.42 Å². The molecule has 0 bridgehead atoms. The Hall–Kier alpha value is 0.100. The molecule has 13 heavy (non-hydrogen) atoms. The van der Waals surface area contributed by atoms with Gasteiger partial charge in [-0.25, -0.2) is 0 Å². The number of thiol groups is 1. The molecule has 0 aliphatic rings. The molecule has 0 rings (SSSR count). The third kappa shape index (κ3) is 7.19. The SMILES string of the molecule is CCC(CS)CN(C)CC(F)(F)F. The van der Waals surface area contributed by atoms with Crippen molar-refractivity contribution in [2.24, 2.45) is 5.92 Å². The lowest BCUT2D eigenvalue weighted by atomic mass is 10.1. The van der Waals surface area contributed by atoms with Crippen LogP contribution in [0.4, 0.5) is 13.2 Å². The molecular weight excluding hydrogens is 199 g/mol. The van der Waals surface area contributed by atoms with Gasteiger partial charge in [0.05, 0.1) is 6.54 Å². The van der Waals surface area contributed by atoms with Crippen LogP contribution in [0, 0.1) is 5.92 Å². The summed E-state index contributed by atoms with van der Waals surface area (Å²) < 4.78 is 35.7. The van der Waals surface area contributed by atoms with E-state index in [0.29, 0.717) is 12.3 Å². The maximum Gasteiger partial charge on any atom is 0.401 e. The molecular formula is C8H16F3NS. The lowest BCUT2D eigenvalue weighted by Gasteiger charge is -2.22. The van der Waals surface area contributed by atoms with Crippen molar-refractivity contribution in [2.75, 3.05) is 25.9 Å². The van der Waals surface area contributed by atoms with E-state index in [1.54, 1.807) is 0 Å². The van der Waals surface area contributed by atoms with Crippen LogP contribution in [0.25, 0.3) is 0 Å². The second-order valence-corrected chi connectivity index (χ2v) is 3.63. The highest BCUT2D eigenvalue weighted by molar-refractivity contribution is 7.80. The topological polar surface area (TPSA) is 3.24 Å². The van der Waals surface area contributed by atoms with Gasteiger partial charge in [-0.2, -0.15) is 25.8 Å². The molecule has 0 amide bonds. The summed E-state index contributed by atoms with van der Waals surface area (Å²) in [6.45, 7) is 1.58. The van der Waals surface area contributed by atoms with E-state index < -0.39 is 12.7 Å². The highest BCUT2D eigenvalue weighted by Gasteiger charge is 2.29. The Morgan fingerprint density at radius 3 is 2.23 bits per heavy atom. The normalized spacial score (nSPS) is 15.0. The lowest BCUT2D eigenvalue weighted by Crippen LogP contribution is -2.34. The summed E-state index contributed by atoms with van der Waals surface area (Å²) in [6.07, 6.45) is -3.23. The van der Waals surface area contributed by atoms with Gasteiger partial charge in [0.2, 0.25) is 0 Å². The average Bonchev–Trinajstić information content (AvgIpc) is 1.96. The van der Waals surface area contributed by atoms with Crippen LogP contribution in [0.2, 0.25) is 0 Å². The molecule has 5 heteroatoms. The monoisotopic (exact) mass is 215 g/mol. The first-order valence-electron chi connectivity index (χ1n) is 4.25. The molecule has 0 heterocycles. The first kappa shape index (κ1) is 13.1. The van der Waals surface area contributed by atoms with E-state index in [1.807, 2.05) is 6.92 Å². The largest absolute Gasteiger partial charge is 0.401 e. The molecule has 1 unspecified atom stereocenters. The predicted molar refractivity (Wildman–Crippen MR) is 51.2 cm³/mol. The Labute approximate surface area is 82.7 Å². The van der Waals surface area contributed by atoms with E-state index in [-0.39, 0.29) is 5.92 Å². The van der Waals surface area contributed by atoms with Crippen molar-refractivity contribution in [2.45, 2.75) is 19.5 Å². The molecule has 0 saturated carbocycles. The maximum absolute atomic E-state index is 11.9. The minimum Gasteiger partial charge on any atom is -0.298 e. The Morgan fingerprint density at radius 2 is 1.92 bits per heavy atom. The van der Waals surface area contributed by atoms with Crippen molar-refractivity contribution < 1.29 is 13.2 Å². The van der Waals surface area contributed by atoms with Crippen LogP contribution in [0.5, 0.6) is 0 Å². The van der Waals surface area contributed by atoms with Crippen LogP contribution in [0.3, 0.4) is 0 Å². The minimum atomic E-state index is -4.09. The van der Waals surface area contributed by atoms with Crippen molar-refractivity contribution in [3.8, 4) is 0 Å². The van der Waals surface area contributed by atoms with E-state index in [2.05, 4.69) is 12.6 Å². The number of alkyl halides is 3. The fourth-order valence-corrected chi connectivity index (χ4v) is 1.50. The second-order valence-electron chi connectivity index (χ2n) is 3.27. The van der Waals surface area contributed by atoms with Gasteiger partial charge in [-0.05, 0) is 18.7 Å². The zero-order chi connectivity index (χ0) is 10.5. The van der Waals surface area contributed by atoms with Gasteiger partial charge in [-0.1, -0.05) is 13.3 Å². The summed E-state index contributed by atoms with van der Waals surface area (Å²) in [6, 6.07) is 0. The summed E-state index contributed by atoms with van der Waals surface area (Å²) in [5.74, 6) is 0.884. The molecule has 0 aliphatic heterocycles. The molecule has 0 aliphatic carbocycles. The van der Waals surface area contributed by atoms with E-state index in [4.69, 9.17) is 0 Å². The van der Waals surface area contributed by atoms with Crippen LogP contribution in [-0.2, 0) is 0 Å². The third-order valence-corrected chi connectivity index (χ3v) is 2.37. The van der Waals surface area contributed by atoms with E-state index >= 15 is 0 Å². The van der Waals surface area contributed by atoms with Gasteiger partial charge in [-0.15, -0.1) is 0 Å². The number of hydrogen-bond donors (Lipinski definition) is 1. The van der Waals surface area contributed by atoms with Gasteiger partial charge in [0.25, 0.3) is 0 Å². The van der Waals surface area contributed by atoms with Crippen molar-refractivity contribution in [1.82, 2.24) is 4.90 Å². The number of hydrogen-bond acceptors (Lipinski definition) is 2.